The molecular formula is C22H23ClFN7. The number of rotatable bonds is 4. The summed E-state index contributed by atoms with van der Waals surface area (Å²) in [5.74, 6) is 0.137. The Bertz CT molecular complexity index is 1160. The summed E-state index contributed by atoms with van der Waals surface area (Å²) in [5, 5.41) is 12.4. The SMILES string of the molecule is Cl.Nc1cc(-c2ccnn2-c2ccc(F)cc2)c(-c2cnn(C3CCNCC3)c2)cn1. The van der Waals surface area contributed by atoms with Crippen molar-refractivity contribution in [2.24, 2.45) is 0 Å². The number of nitrogens with one attached hydrogen (secondary N) is 1. The van der Waals surface area contributed by atoms with Crippen molar-refractivity contribution in [3.63, 3.8) is 0 Å². The third-order valence-corrected chi connectivity index (χ3v) is 5.51. The second kappa shape index (κ2) is 8.87. The molecule has 0 atom stereocenters. The van der Waals surface area contributed by atoms with Crippen molar-refractivity contribution in [3.8, 4) is 28.1 Å². The maximum Gasteiger partial charge on any atom is 0.123 e. The zero-order valence-electron chi connectivity index (χ0n) is 16.8. The zero-order valence-corrected chi connectivity index (χ0v) is 17.6. The fraction of sp³-hybridized carbons (Fsp3) is 0.227. The highest BCUT2D eigenvalue weighted by Gasteiger charge is 2.19. The Balaban J connectivity index is 0.00000231. The van der Waals surface area contributed by atoms with Crippen molar-refractivity contribution in [1.82, 2.24) is 29.9 Å². The largest absolute Gasteiger partial charge is 0.384 e. The molecule has 3 N–H and O–H groups in total. The molecule has 3 aromatic heterocycles. The first-order valence-electron chi connectivity index (χ1n) is 10.00. The van der Waals surface area contributed by atoms with Gasteiger partial charge in [0.15, 0.2) is 0 Å². The van der Waals surface area contributed by atoms with Crippen molar-refractivity contribution >= 4 is 18.2 Å². The van der Waals surface area contributed by atoms with E-state index in [1.165, 1.54) is 12.1 Å². The molecule has 9 heteroatoms. The first-order valence-corrected chi connectivity index (χ1v) is 10.00. The monoisotopic (exact) mass is 439 g/mol. The van der Waals surface area contributed by atoms with Crippen LogP contribution in [0.4, 0.5) is 10.2 Å². The number of nitrogens with two attached hydrogens (primary N) is 1. The summed E-state index contributed by atoms with van der Waals surface area (Å²) in [6.45, 7) is 2.01. The lowest BCUT2D eigenvalue weighted by atomic mass is 10.0. The van der Waals surface area contributed by atoms with Crippen LogP contribution in [0.3, 0.4) is 0 Å². The third kappa shape index (κ3) is 4.17. The van der Waals surface area contributed by atoms with E-state index in [-0.39, 0.29) is 18.2 Å². The van der Waals surface area contributed by atoms with Crippen molar-refractivity contribution in [2.45, 2.75) is 18.9 Å². The number of benzene rings is 1. The number of piperidine rings is 1. The van der Waals surface area contributed by atoms with Crippen LogP contribution in [0.2, 0.25) is 0 Å². The van der Waals surface area contributed by atoms with E-state index in [1.54, 1.807) is 29.2 Å². The standard InChI is InChI=1S/C22H22FN7.ClH/c23-16-1-3-18(4-2-16)30-21(7-10-27-30)19-11-22(24)26-13-20(19)15-12-28-29(14-15)17-5-8-25-9-6-17;/h1-4,7,10-14,17,25H,5-6,8-9H2,(H2,24,26);1H. The summed E-state index contributed by atoms with van der Waals surface area (Å²) in [5.41, 5.74) is 10.4. The second-order valence-corrected chi connectivity index (χ2v) is 7.45. The van der Waals surface area contributed by atoms with Gasteiger partial charge in [-0.05, 0) is 62.3 Å². The first kappa shape index (κ1) is 21.0. The van der Waals surface area contributed by atoms with Crippen LogP contribution in [0.15, 0.2) is 61.2 Å². The molecule has 1 saturated heterocycles. The minimum absolute atomic E-state index is 0. The lowest BCUT2D eigenvalue weighted by Crippen LogP contribution is -2.29. The van der Waals surface area contributed by atoms with Gasteiger partial charge in [0.25, 0.3) is 0 Å². The predicted molar refractivity (Wildman–Crippen MR) is 121 cm³/mol. The first-order chi connectivity index (χ1) is 14.7. The zero-order chi connectivity index (χ0) is 20.5. The fourth-order valence-corrected chi connectivity index (χ4v) is 3.96. The van der Waals surface area contributed by atoms with Gasteiger partial charge in [-0.3, -0.25) is 4.68 Å². The number of hydrogen-bond acceptors (Lipinski definition) is 5. The molecule has 1 aliphatic heterocycles. The van der Waals surface area contributed by atoms with Crippen LogP contribution in [-0.4, -0.2) is 37.6 Å². The molecule has 0 aliphatic carbocycles. The molecule has 0 spiro atoms. The van der Waals surface area contributed by atoms with E-state index in [2.05, 4.69) is 26.7 Å². The van der Waals surface area contributed by atoms with Gasteiger partial charge in [0.05, 0.1) is 29.8 Å². The van der Waals surface area contributed by atoms with Gasteiger partial charge in [-0.15, -0.1) is 12.4 Å². The van der Waals surface area contributed by atoms with Gasteiger partial charge in [-0.25, -0.2) is 14.1 Å². The molecule has 0 bridgehead atoms. The third-order valence-electron chi connectivity index (χ3n) is 5.51. The Morgan fingerprint density at radius 1 is 1.00 bits per heavy atom. The van der Waals surface area contributed by atoms with Crippen LogP contribution < -0.4 is 11.1 Å². The van der Waals surface area contributed by atoms with E-state index < -0.39 is 0 Å². The average Bonchev–Trinajstić information content (AvgIpc) is 3.45. The Morgan fingerprint density at radius 2 is 1.77 bits per heavy atom. The highest BCUT2D eigenvalue weighted by atomic mass is 35.5. The number of anilines is 1. The van der Waals surface area contributed by atoms with Crippen LogP contribution in [0, 0.1) is 5.82 Å². The van der Waals surface area contributed by atoms with E-state index in [1.807, 2.05) is 23.0 Å². The summed E-state index contributed by atoms with van der Waals surface area (Å²) in [7, 11) is 0. The number of nitrogens with zero attached hydrogens (tertiary/aromatic N) is 5. The number of nitrogen functional groups attached to an aromatic ring is 1. The van der Waals surface area contributed by atoms with Gasteiger partial charge in [0.1, 0.15) is 11.6 Å². The lowest BCUT2D eigenvalue weighted by molar-refractivity contribution is 0.343. The summed E-state index contributed by atoms with van der Waals surface area (Å²) in [6, 6.07) is 10.4. The lowest BCUT2D eigenvalue weighted by Gasteiger charge is -2.22. The molecule has 31 heavy (non-hydrogen) atoms. The van der Waals surface area contributed by atoms with E-state index in [9.17, 15) is 4.39 Å². The summed E-state index contributed by atoms with van der Waals surface area (Å²) in [4.78, 5) is 4.31. The summed E-state index contributed by atoms with van der Waals surface area (Å²) >= 11 is 0. The van der Waals surface area contributed by atoms with Gasteiger partial charge < -0.3 is 11.1 Å². The maximum absolute atomic E-state index is 13.4. The van der Waals surface area contributed by atoms with Crippen LogP contribution in [0.5, 0.6) is 0 Å². The van der Waals surface area contributed by atoms with Gasteiger partial charge in [0, 0.05) is 29.1 Å². The molecule has 0 saturated carbocycles. The average molecular weight is 440 g/mol. The fourth-order valence-electron chi connectivity index (χ4n) is 3.96. The quantitative estimate of drug-likeness (QED) is 0.504. The smallest absolute Gasteiger partial charge is 0.123 e. The molecule has 0 unspecified atom stereocenters. The number of aromatic nitrogens is 5. The molecule has 1 fully saturated rings. The molecule has 1 aliphatic rings. The van der Waals surface area contributed by atoms with Crippen molar-refractivity contribution in [3.05, 3.63) is 67.0 Å². The maximum atomic E-state index is 13.4. The Hall–Kier alpha value is -3.23. The molecule has 4 heterocycles. The van der Waals surface area contributed by atoms with Crippen molar-refractivity contribution in [1.29, 1.82) is 0 Å². The molecule has 1 aromatic carbocycles. The Labute approximate surface area is 185 Å². The molecule has 160 valence electrons. The van der Waals surface area contributed by atoms with Crippen molar-refractivity contribution in [2.75, 3.05) is 18.8 Å². The second-order valence-electron chi connectivity index (χ2n) is 7.45. The Morgan fingerprint density at radius 3 is 2.55 bits per heavy atom. The van der Waals surface area contributed by atoms with Crippen molar-refractivity contribution < 1.29 is 4.39 Å². The van der Waals surface area contributed by atoms with Crippen LogP contribution in [0.1, 0.15) is 18.9 Å². The minimum atomic E-state index is -0.286. The predicted octanol–water partition coefficient (Wildman–Crippen LogP) is 3.87. The molecule has 0 radical (unpaired) electrons. The molecule has 5 rings (SSSR count). The van der Waals surface area contributed by atoms with E-state index in [0.29, 0.717) is 11.9 Å². The molecular weight excluding hydrogens is 417 g/mol. The van der Waals surface area contributed by atoms with Crippen LogP contribution in [0.25, 0.3) is 28.1 Å². The Kier molecular flexibility index (Phi) is 6.01. The normalized spacial score (nSPS) is 14.4. The highest BCUT2D eigenvalue weighted by Crippen LogP contribution is 2.34. The van der Waals surface area contributed by atoms with E-state index in [4.69, 9.17) is 5.73 Å². The number of hydrogen-bond donors (Lipinski definition) is 2. The molecule has 7 nitrogen and oxygen atoms in total. The number of pyridine rings is 1. The van der Waals surface area contributed by atoms with E-state index in [0.717, 1.165) is 54.0 Å². The van der Waals surface area contributed by atoms with Crippen LogP contribution >= 0.6 is 12.4 Å². The van der Waals surface area contributed by atoms with Crippen LogP contribution in [-0.2, 0) is 0 Å². The van der Waals surface area contributed by atoms with E-state index >= 15 is 0 Å². The number of halogens is 2. The summed E-state index contributed by atoms with van der Waals surface area (Å²) < 4.78 is 17.2. The van der Waals surface area contributed by atoms with Gasteiger partial charge >= 0.3 is 0 Å². The topological polar surface area (TPSA) is 86.6 Å². The van der Waals surface area contributed by atoms with Gasteiger partial charge in [-0.1, -0.05) is 0 Å². The molecule has 4 aromatic rings. The summed E-state index contributed by atoms with van der Waals surface area (Å²) in [6.07, 6.45) is 9.56. The highest BCUT2D eigenvalue weighted by molar-refractivity contribution is 5.85. The molecule has 0 amide bonds. The van der Waals surface area contributed by atoms with Gasteiger partial charge in [0.2, 0.25) is 0 Å². The minimum Gasteiger partial charge on any atom is -0.384 e. The van der Waals surface area contributed by atoms with Gasteiger partial charge in [-0.2, -0.15) is 10.2 Å².